The van der Waals surface area contributed by atoms with Crippen molar-refractivity contribution < 1.29 is 19.5 Å². The minimum atomic E-state index is -1.24. The number of rotatable bonds is 4. The van der Waals surface area contributed by atoms with Gasteiger partial charge in [-0.05, 0) is 23.9 Å². The average Bonchev–Trinajstić information content (AvgIpc) is 3.38. The number of benzene rings is 1. The second-order valence-corrected chi connectivity index (χ2v) is 10.2. The topological polar surface area (TPSA) is 90.0 Å². The summed E-state index contributed by atoms with van der Waals surface area (Å²) in [5.41, 5.74) is -0.289. The largest absolute Gasteiger partial charge is 0.477 e. The molecule has 1 aromatic heterocycles. The van der Waals surface area contributed by atoms with E-state index in [1.165, 1.54) is 28.0 Å². The molecule has 2 amide bonds. The molecule has 2 aromatic rings. The van der Waals surface area contributed by atoms with Crippen LogP contribution in [0, 0.1) is 0 Å². The summed E-state index contributed by atoms with van der Waals surface area (Å²) in [4.78, 5) is 42.3. The van der Waals surface area contributed by atoms with Crippen LogP contribution in [0.3, 0.4) is 0 Å². The molecule has 0 saturated carbocycles. The maximum absolute atomic E-state index is 13.7. The lowest BCUT2D eigenvalue weighted by Gasteiger charge is -2.54. The third kappa shape index (κ3) is 2.95. The van der Waals surface area contributed by atoms with Gasteiger partial charge in [0, 0.05) is 10.6 Å². The van der Waals surface area contributed by atoms with Crippen LogP contribution in [0.1, 0.15) is 23.4 Å². The number of carboxylic acids is 1. The number of carboxylic acid groups (broad SMARTS) is 1. The molecule has 160 valence electrons. The first-order chi connectivity index (χ1) is 14.8. The van der Waals surface area contributed by atoms with Crippen LogP contribution >= 0.6 is 34.7 Å². The molecule has 0 spiro atoms. The summed E-state index contributed by atoms with van der Waals surface area (Å²) < 4.78 is 0. The highest BCUT2D eigenvalue weighted by molar-refractivity contribution is 8.00. The van der Waals surface area contributed by atoms with Crippen molar-refractivity contribution in [2.75, 3.05) is 5.75 Å². The van der Waals surface area contributed by atoms with Gasteiger partial charge in [-0.1, -0.05) is 48.0 Å². The number of aliphatic carboxylic acids is 1. The maximum Gasteiger partial charge on any atom is 0.353 e. The second kappa shape index (κ2) is 7.37. The summed E-state index contributed by atoms with van der Waals surface area (Å²) in [6, 6.07) is 11.8. The molecule has 2 N–H and O–H groups in total. The number of nitrogens with one attached hydrogen (secondary N) is 1. The Morgan fingerprint density at radius 3 is 2.58 bits per heavy atom. The van der Waals surface area contributed by atoms with Crippen molar-refractivity contribution >= 4 is 52.5 Å². The Labute approximate surface area is 191 Å². The van der Waals surface area contributed by atoms with Crippen molar-refractivity contribution in [2.24, 2.45) is 0 Å². The summed E-state index contributed by atoms with van der Waals surface area (Å²) in [6.45, 7) is 1.89. The molecule has 4 atom stereocenters. The van der Waals surface area contributed by atoms with Crippen molar-refractivity contribution in [3.05, 3.63) is 69.0 Å². The van der Waals surface area contributed by atoms with Gasteiger partial charge in [-0.2, -0.15) is 0 Å². The van der Waals surface area contributed by atoms with Crippen LogP contribution in [0.5, 0.6) is 0 Å². The number of nitrogens with zero attached hydrogens (tertiary/aromatic N) is 2. The number of halogens is 1. The van der Waals surface area contributed by atoms with Gasteiger partial charge < -0.3 is 10.0 Å². The van der Waals surface area contributed by atoms with Crippen molar-refractivity contribution in [2.45, 2.75) is 30.0 Å². The van der Waals surface area contributed by atoms with Crippen LogP contribution in [0.25, 0.3) is 0 Å². The van der Waals surface area contributed by atoms with Crippen LogP contribution in [-0.2, 0) is 20.0 Å². The number of thiophene rings is 1. The van der Waals surface area contributed by atoms with Gasteiger partial charge in [0.1, 0.15) is 28.8 Å². The highest BCUT2D eigenvalue weighted by atomic mass is 35.5. The molecule has 0 radical (unpaired) electrons. The van der Waals surface area contributed by atoms with Gasteiger partial charge in [0.2, 0.25) is 5.91 Å². The van der Waals surface area contributed by atoms with Gasteiger partial charge >= 0.3 is 5.97 Å². The van der Waals surface area contributed by atoms with Crippen LogP contribution in [-0.4, -0.2) is 49.9 Å². The SMILES string of the molecule is CC1(c2cccs2)NC(c2ccccc2)C(=O)N1[C@@H]1C(=O)N2C(C(=O)O)=C(Cl)CS[C@@H]12. The van der Waals surface area contributed by atoms with E-state index in [1.807, 2.05) is 54.8 Å². The number of thioether (sulfide) groups is 1. The zero-order chi connectivity index (χ0) is 21.9. The van der Waals surface area contributed by atoms with Crippen LogP contribution in [0.4, 0.5) is 0 Å². The normalized spacial score (nSPS) is 30.5. The van der Waals surface area contributed by atoms with E-state index in [-0.39, 0.29) is 22.4 Å². The van der Waals surface area contributed by atoms with Gasteiger partial charge in [-0.15, -0.1) is 23.1 Å². The molecule has 4 heterocycles. The van der Waals surface area contributed by atoms with Crippen molar-refractivity contribution in [1.29, 1.82) is 0 Å². The first kappa shape index (κ1) is 20.6. The quantitative estimate of drug-likeness (QED) is 0.661. The lowest BCUT2D eigenvalue weighted by molar-refractivity contribution is -0.163. The van der Waals surface area contributed by atoms with E-state index >= 15 is 0 Å². The zero-order valence-electron chi connectivity index (χ0n) is 16.3. The van der Waals surface area contributed by atoms with E-state index in [0.717, 1.165) is 10.4 Å². The molecular weight excluding hydrogens is 458 g/mol. The maximum atomic E-state index is 13.7. The molecule has 10 heteroatoms. The molecule has 5 rings (SSSR count). The Kier molecular flexibility index (Phi) is 4.89. The fourth-order valence-electron chi connectivity index (χ4n) is 4.47. The smallest absolute Gasteiger partial charge is 0.353 e. The van der Waals surface area contributed by atoms with Crippen molar-refractivity contribution in [3.63, 3.8) is 0 Å². The molecule has 3 aliphatic heterocycles. The molecular formula is C21H18ClN3O4S2. The summed E-state index contributed by atoms with van der Waals surface area (Å²) in [7, 11) is 0. The second-order valence-electron chi connectivity index (χ2n) is 7.66. The van der Waals surface area contributed by atoms with Crippen LogP contribution in [0.2, 0.25) is 0 Å². The Morgan fingerprint density at radius 1 is 1.19 bits per heavy atom. The van der Waals surface area contributed by atoms with E-state index in [4.69, 9.17) is 11.6 Å². The Balaban J connectivity index is 1.56. The van der Waals surface area contributed by atoms with Crippen molar-refractivity contribution in [3.8, 4) is 0 Å². The lowest BCUT2D eigenvalue weighted by atomic mass is 9.98. The Morgan fingerprint density at radius 2 is 1.94 bits per heavy atom. The van der Waals surface area contributed by atoms with E-state index in [1.54, 1.807) is 4.90 Å². The molecule has 2 unspecified atom stereocenters. The molecule has 2 fully saturated rings. The highest BCUT2D eigenvalue weighted by Crippen LogP contribution is 2.49. The first-order valence-corrected chi connectivity index (χ1v) is 11.9. The Hall–Kier alpha value is -2.33. The van der Waals surface area contributed by atoms with E-state index in [0.29, 0.717) is 0 Å². The number of amides is 2. The molecule has 31 heavy (non-hydrogen) atoms. The third-order valence-electron chi connectivity index (χ3n) is 5.90. The standard InChI is InChI=1S/C21H18ClN3O4S2/c1-21(13-8-5-9-30-13)23-14(11-6-3-2-4-7-11)17(26)25(21)16-18(27)24-15(20(28)29)12(22)10-31-19(16)24/h2-9,14,16,19,23H,10H2,1H3,(H,28,29)/t14?,16-,19+,21?/m1/s1. The van der Waals surface area contributed by atoms with Crippen LogP contribution in [0.15, 0.2) is 58.6 Å². The summed E-state index contributed by atoms with van der Waals surface area (Å²) >= 11 is 8.98. The van der Waals surface area contributed by atoms with Gasteiger partial charge in [0.05, 0.1) is 5.03 Å². The van der Waals surface area contributed by atoms with Gasteiger partial charge in [0.15, 0.2) is 0 Å². The molecule has 7 nitrogen and oxygen atoms in total. The summed E-state index contributed by atoms with van der Waals surface area (Å²) in [5.74, 6) is -1.60. The van der Waals surface area contributed by atoms with E-state index < -0.39 is 35.0 Å². The lowest BCUT2D eigenvalue weighted by Crippen LogP contribution is -2.73. The molecule has 0 aliphatic carbocycles. The zero-order valence-corrected chi connectivity index (χ0v) is 18.7. The predicted molar refractivity (Wildman–Crippen MR) is 118 cm³/mol. The van der Waals surface area contributed by atoms with Gasteiger partial charge in [0.25, 0.3) is 5.91 Å². The number of fused-ring (bicyclic) bond motifs is 1. The average molecular weight is 476 g/mol. The monoisotopic (exact) mass is 475 g/mol. The van der Waals surface area contributed by atoms with Crippen LogP contribution < -0.4 is 5.32 Å². The highest BCUT2D eigenvalue weighted by Gasteiger charge is 2.63. The van der Waals surface area contributed by atoms with Gasteiger partial charge in [-0.3, -0.25) is 19.8 Å². The van der Waals surface area contributed by atoms with Gasteiger partial charge in [-0.25, -0.2) is 4.79 Å². The molecule has 0 bridgehead atoms. The summed E-state index contributed by atoms with van der Waals surface area (Å²) in [5, 5.41) is 14.6. The Bertz CT molecular complexity index is 1110. The third-order valence-corrected chi connectivity index (χ3v) is 8.72. The van der Waals surface area contributed by atoms with E-state index in [2.05, 4.69) is 5.32 Å². The first-order valence-electron chi connectivity index (χ1n) is 9.61. The number of carbonyl (C=O) groups is 3. The minimum Gasteiger partial charge on any atom is -0.477 e. The van der Waals surface area contributed by atoms with E-state index in [9.17, 15) is 19.5 Å². The molecule has 3 aliphatic rings. The predicted octanol–water partition coefficient (Wildman–Crippen LogP) is 2.91. The number of β-lactam (4-membered cyclic amide) rings is 1. The van der Waals surface area contributed by atoms with Crippen molar-refractivity contribution in [1.82, 2.24) is 15.1 Å². The fraction of sp³-hybridized carbons (Fsp3) is 0.286. The number of carbonyl (C=O) groups excluding carboxylic acids is 2. The summed E-state index contributed by atoms with van der Waals surface area (Å²) in [6.07, 6.45) is 0. The number of hydrogen-bond acceptors (Lipinski definition) is 6. The minimum absolute atomic E-state index is 0.134. The molecule has 2 saturated heterocycles. The fourth-order valence-corrected chi connectivity index (χ4v) is 6.91. The number of hydrogen-bond donors (Lipinski definition) is 2. The molecule has 1 aromatic carbocycles.